The zero-order chi connectivity index (χ0) is 19.9. The number of carbonyl (C=O) groups is 1. The van der Waals surface area contributed by atoms with Gasteiger partial charge in [0.25, 0.3) is 10.0 Å². The summed E-state index contributed by atoms with van der Waals surface area (Å²) in [5.41, 5.74) is 0.564. The van der Waals surface area contributed by atoms with Crippen molar-refractivity contribution >= 4 is 27.6 Å². The summed E-state index contributed by atoms with van der Waals surface area (Å²) in [6, 6.07) is 12.2. The predicted molar refractivity (Wildman–Crippen MR) is 97.3 cm³/mol. The summed E-state index contributed by atoms with van der Waals surface area (Å²) in [7, 11) is -4.21. The van der Waals surface area contributed by atoms with E-state index in [0.717, 1.165) is 23.1 Å². The Bertz CT molecular complexity index is 1170. The number of benzene rings is 2. The van der Waals surface area contributed by atoms with Gasteiger partial charge in [-0.15, -0.1) is 0 Å². The molecule has 0 saturated carbocycles. The Morgan fingerprint density at radius 1 is 0.929 bits per heavy atom. The van der Waals surface area contributed by atoms with Gasteiger partial charge in [0.2, 0.25) is 0 Å². The van der Waals surface area contributed by atoms with Gasteiger partial charge in [0, 0.05) is 6.20 Å². The van der Waals surface area contributed by atoms with Crippen molar-refractivity contribution in [3.63, 3.8) is 0 Å². The summed E-state index contributed by atoms with van der Waals surface area (Å²) >= 11 is 0. The monoisotopic (exact) mass is 401 g/mol. The van der Waals surface area contributed by atoms with E-state index in [4.69, 9.17) is 0 Å². The van der Waals surface area contributed by atoms with Crippen LogP contribution >= 0.6 is 0 Å². The maximum atomic E-state index is 13.5. The van der Waals surface area contributed by atoms with E-state index < -0.39 is 27.7 Å². The van der Waals surface area contributed by atoms with E-state index in [1.165, 1.54) is 48.7 Å². The number of pyridine rings is 1. The molecule has 0 fully saturated rings. The van der Waals surface area contributed by atoms with Crippen molar-refractivity contribution < 1.29 is 22.0 Å². The van der Waals surface area contributed by atoms with Gasteiger partial charge in [-0.3, -0.25) is 0 Å². The van der Waals surface area contributed by atoms with Gasteiger partial charge < -0.3 is 0 Å². The molecule has 2 amide bonds. The molecule has 0 unspecified atom stereocenters. The highest BCUT2D eigenvalue weighted by molar-refractivity contribution is 7.90. The summed E-state index contributed by atoms with van der Waals surface area (Å²) in [5.74, 6) is -1.12. The van der Waals surface area contributed by atoms with Gasteiger partial charge >= 0.3 is 6.03 Å². The molecule has 0 N–H and O–H groups in total. The van der Waals surface area contributed by atoms with Crippen molar-refractivity contribution in [3.05, 3.63) is 84.1 Å². The zero-order valence-electron chi connectivity index (χ0n) is 14.3. The largest absolute Gasteiger partial charge is 0.344 e. The van der Waals surface area contributed by atoms with Gasteiger partial charge in [0.05, 0.1) is 12.2 Å². The average molecular weight is 401 g/mol. The first kappa shape index (κ1) is 18.1. The van der Waals surface area contributed by atoms with Crippen LogP contribution in [0.25, 0.3) is 0 Å². The summed E-state index contributed by atoms with van der Waals surface area (Å²) in [6.07, 6.45) is 1.36. The number of carbonyl (C=O) groups excluding carboxylic acids is 1. The second-order valence-electron chi connectivity index (χ2n) is 6.06. The molecule has 0 bridgehead atoms. The fourth-order valence-corrected chi connectivity index (χ4v) is 4.42. The van der Waals surface area contributed by atoms with Crippen LogP contribution in [0.3, 0.4) is 0 Å². The number of hydrogen-bond acceptors (Lipinski definition) is 4. The van der Waals surface area contributed by atoms with Crippen LogP contribution in [0.5, 0.6) is 0 Å². The Kier molecular flexibility index (Phi) is 4.31. The molecule has 0 radical (unpaired) electrons. The molecular weight excluding hydrogens is 388 g/mol. The normalized spacial score (nSPS) is 15.4. The van der Waals surface area contributed by atoms with Crippen LogP contribution in [0.1, 0.15) is 5.56 Å². The standard InChI is InChI=1S/C19H13F2N3O3S/c20-14-6-8-16(9-7-14)24-18-17(5-2-10-22-18)28(26,27)23(19(24)25)12-13-3-1-4-15(21)11-13/h1-11H,12H2. The third-order valence-corrected chi connectivity index (χ3v) is 5.98. The Morgan fingerprint density at radius 3 is 2.39 bits per heavy atom. The summed E-state index contributed by atoms with van der Waals surface area (Å²) in [5, 5.41) is 0. The molecule has 1 aliphatic heterocycles. The minimum absolute atomic E-state index is 0.0744. The van der Waals surface area contributed by atoms with Crippen molar-refractivity contribution in [2.75, 3.05) is 4.90 Å². The van der Waals surface area contributed by atoms with Gasteiger partial charge in [-0.2, -0.15) is 0 Å². The van der Waals surface area contributed by atoms with E-state index >= 15 is 0 Å². The molecule has 1 aromatic heterocycles. The number of amides is 2. The highest BCUT2D eigenvalue weighted by Crippen LogP contribution is 2.38. The fourth-order valence-electron chi connectivity index (χ4n) is 2.95. The van der Waals surface area contributed by atoms with Gasteiger partial charge in [-0.25, -0.2) is 36.2 Å². The third-order valence-electron chi connectivity index (χ3n) is 4.24. The molecule has 142 valence electrons. The molecule has 4 rings (SSSR count). The second kappa shape index (κ2) is 6.68. The number of nitrogens with zero attached hydrogens (tertiary/aromatic N) is 3. The summed E-state index contributed by atoms with van der Waals surface area (Å²) in [6.45, 7) is -0.356. The number of fused-ring (bicyclic) bond motifs is 1. The molecule has 2 heterocycles. The Balaban J connectivity index is 1.86. The topological polar surface area (TPSA) is 70.6 Å². The van der Waals surface area contributed by atoms with Gasteiger partial charge in [0.15, 0.2) is 5.82 Å². The Hall–Kier alpha value is -3.33. The lowest BCUT2D eigenvalue weighted by atomic mass is 10.2. The van der Waals surface area contributed by atoms with Crippen LogP contribution in [-0.2, 0) is 16.6 Å². The molecule has 1 aliphatic rings. The first-order chi connectivity index (χ1) is 13.4. The van der Waals surface area contributed by atoms with Gasteiger partial charge in [0.1, 0.15) is 16.5 Å². The molecule has 2 aromatic carbocycles. The predicted octanol–water partition coefficient (Wildman–Crippen LogP) is 3.82. The number of rotatable bonds is 3. The summed E-state index contributed by atoms with van der Waals surface area (Å²) < 4.78 is 53.5. The molecule has 9 heteroatoms. The molecule has 0 saturated heterocycles. The number of urea groups is 1. The molecule has 28 heavy (non-hydrogen) atoms. The quantitative estimate of drug-likeness (QED) is 0.669. The van der Waals surface area contributed by atoms with E-state index in [2.05, 4.69) is 4.98 Å². The minimum Gasteiger partial charge on any atom is -0.246 e. The van der Waals surface area contributed by atoms with E-state index in [1.54, 1.807) is 0 Å². The minimum atomic E-state index is -4.21. The molecule has 3 aromatic rings. The Labute approximate surface area is 159 Å². The lowest BCUT2D eigenvalue weighted by Crippen LogP contribution is -2.48. The molecule has 6 nitrogen and oxygen atoms in total. The lowest BCUT2D eigenvalue weighted by molar-refractivity contribution is 0.229. The number of sulfonamides is 1. The van der Waals surface area contributed by atoms with Crippen LogP contribution in [-0.4, -0.2) is 23.7 Å². The van der Waals surface area contributed by atoms with E-state index in [9.17, 15) is 22.0 Å². The Morgan fingerprint density at radius 2 is 1.68 bits per heavy atom. The first-order valence-corrected chi connectivity index (χ1v) is 9.64. The van der Waals surface area contributed by atoms with Crippen molar-refractivity contribution in [2.24, 2.45) is 0 Å². The van der Waals surface area contributed by atoms with Crippen molar-refractivity contribution in [2.45, 2.75) is 11.4 Å². The summed E-state index contributed by atoms with van der Waals surface area (Å²) in [4.78, 5) is 18.1. The molecule has 0 aliphatic carbocycles. The van der Waals surface area contributed by atoms with E-state index in [1.807, 2.05) is 0 Å². The van der Waals surface area contributed by atoms with Crippen molar-refractivity contribution in [1.82, 2.24) is 9.29 Å². The van der Waals surface area contributed by atoms with E-state index in [0.29, 0.717) is 9.87 Å². The van der Waals surface area contributed by atoms with Crippen LogP contribution in [0.4, 0.5) is 25.1 Å². The van der Waals surface area contributed by atoms with Gasteiger partial charge in [-0.05, 0) is 54.1 Å². The highest BCUT2D eigenvalue weighted by atomic mass is 32.2. The maximum absolute atomic E-state index is 13.5. The van der Waals surface area contributed by atoms with Crippen LogP contribution < -0.4 is 4.90 Å². The maximum Gasteiger partial charge on any atom is 0.344 e. The smallest absolute Gasteiger partial charge is 0.246 e. The van der Waals surface area contributed by atoms with Crippen molar-refractivity contribution in [1.29, 1.82) is 0 Å². The van der Waals surface area contributed by atoms with Crippen LogP contribution in [0.15, 0.2) is 71.8 Å². The molecule has 0 atom stereocenters. The second-order valence-corrected chi connectivity index (χ2v) is 7.89. The van der Waals surface area contributed by atoms with Crippen LogP contribution in [0, 0.1) is 11.6 Å². The lowest BCUT2D eigenvalue weighted by Gasteiger charge is -2.35. The molecule has 0 spiro atoms. The average Bonchev–Trinajstić information content (AvgIpc) is 2.67. The molecular formula is C19H13F2N3O3S. The van der Waals surface area contributed by atoms with E-state index in [-0.39, 0.29) is 22.9 Å². The number of hydrogen-bond donors (Lipinski definition) is 0. The van der Waals surface area contributed by atoms with Gasteiger partial charge in [-0.1, -0.05) is 12.1 Å². The highest BCUT2D eigenvalue weighted by Gasteiger charge is 2.43. The number of halogens is 2. The number of anilines is 2. The fraction of sp³-hybridized carbons (Fsp3) is 0.0526. The third kappa shape index (κ3) is 2.99. The van der Waals surface area contributed by atoms with Crippen molar-refractivity contribution in [3.8, 4) is 0 Å². The number of aromatic nitrogens is 1. The SMILES string of the molecule is O=C1N(c2ccc(F)cc2)c2ncccc2S(=O)(=O)N1Cc1cccc(F)c1. The zero-order valence-corrected chi connectivity index (χ0v) is 15.1. The first-order valence-electron chi connectivity index (χ1n) is 8.20. The van der Waals surface area contributed by atoms with Crippen LogP contribution in [0.2, 0.25) is 0 Å².